The van der Waals surface area contributed by atoms with E-state index in [1.807, 2.05) is 24.4 Å². The van der Waals surface area contributed by atoms with Crippen LogP contribution in [-0.2, 0) is 13.1 Å². The highest BCUT2D eigenvalue weighted by Crippen LogP contribution is 2.23. The zero-order chi connectivity index (χ0) is 19.8. The number of nitrogens with zero attached hydrogens (tertiary/aromatic N) is 2. The number of ether oxygens (including phenoxy) is 2. The Bertz CT molecular complexity index is 790. The molecule has 29 heavy (non-hydrogen) atoms. The number of hydrogen-bond acceptors (Lipinski definition) is 4. The zero-order valence-corrected chi connectivity index (χ0v) is 19.7. The third kappa shape index (κ3) is 7.06. The van der Waals surface area contributed by atoms with E-state index in [1.54, 1.807) is 14.2 Å². The molecule has 0 bridgehead atoms. The average molecular weight is 510 g/mol. The fourth-order valence-corrected chi connectivity index (χ4v) is 3.35. The molecule has 0 atom stereocenters. The first-order valence-corrected chi connectivity index (χ1v) is 9.87. The summed E-state index contributed by atoms with van der Waals surface area (Å²) in [4.78, 5) is 8.72. The number of hydrogen-bond donors (Lipinski definition) is 2. The van der Waals surface area contributed by atoms with Crippen LogP contribution in [0.4, 0.5) is 0 Å². The lowest BCUT2D eigenvalue weighted by Crippen LogP contribution is -2.36. The van der Waals surface area contributed by atoms with Crippen molar-refractivity contribution >= 4 is 29.9 Å². The molecule has 0 unspecified atom stereocenters. The van der Waals surface area contributed by atoms with Gasteiger partial charge in [-0.3, -0.25) is 4.99 Å². The van der Waals surface area contributed by atoms with E-state index in [-0.39, 0.29) is 24.0 Å². The van der Waals surface area contributed by atoms with E-state index in [9.17, 15) is 0 Å². The molecule has 1 saturated carbocycles. The highest BCUT2D eigenvalue weighted by Gasteiger charge is 2.16. The van der Waals surface area contributed by atoms with Crippen LogP contribution in [-0.4, -0.2) is 31.2 Å². The molecule has 0 radical (unpaired) electrons. The predicted molar refractivity (Wildman–Crippen MR) is 127 cm³/mol. The number of aliphatic imine (C=N–C) groups is 1. The molecular weight excluding hydrogens is 479 g/mol. The van der Waals surface area contributed by atoms with Gasteiger partial charge in [0.2, 0.25) is 5.88 Å². The third-order valence-corrected chi connectivity index (χ3v) is 4.96. The van der Waals surface area contributed by atoms with Gasteiger partial charge < -0.3 is 20.1 Å². The highest BCUT2D eigenvalue weighted by molar-refractivity contribution is 14.0. The smallest absolute Gasteiger partial charge is 0.213 e. The first kappa shape index (κ1) is 23.3. The summed E-state index contributed by atoms with van der Waals surface area (Å²) in [5, 5.41) is 6.64. The Morgan fingerprint density at radius 3 is 2.55 bits per heavy atom. The largest absolute Gasteiger partial charge is 0.496 e. The van der Waals surface area contributed by atoms with E-state index in [0.29, 0.717) is 25.1 Å². The van der Waals surface area contributed by atoms with E-state index in [4.69, 9.17) is 9.47 Å². The van der Waals surface area contributed by atoms with Crippen molar-refractivity contribution in [3.05, 3.63) is 53.2 Å². The molecule has 1 heterocycles. The summed E-state index contributed by atoms with van der Waals surface area (Å²) in [6.45, 7) is 3.33. The fourth-order valence-electron chi connectivity index (χ4n) is 3.35. The number of benzene rings is 1. The van der Waals surface area contributed by atoms with E-state index in [1.165, 1.54) is 18.4 Å². The molecule has 1 aliphatic carbocycles. The summed E-state index contributed by atoms with van der Waals surface area (Å²) in [5.74, 6) is 2.32. The number of pyridine rings is 1. The molecule has 1 fully saturated rings. The van der Waals surface area contributed by atoms with Crippen LogP contribution in [0.25, 0.3) is 0 Å². The Balaban J connectivity index is 0.00000300. The van der Waals surface area contributed by atoms with Gasteiger partial charge in [-0.1, -0.05) is 18.2 Å². The van der Waals surface area contributed by atoms with Gasteiger partial charge in [0, 0.05) is 38.0 Å². The molecule has 2 N–H and O–H groups in total. The van der Waals surface area contributed by atoms with Crippen LogP contribution in [0, 0.1) is 6.92 Å². The molecule has 1 aromatic carbocycles. The fraction of sp³-hybridized carbons (Fsp3) is 0.455. The summed E-state index contributed by atoms with van der Waals surface area (Å²) in [5.41, 5.74) is 3.34. The van der Waals surface area contributed by atoms with Gasteiger partial charge in [0.25, 0.3) is 0 Å². The summed E-state index contributed by atoms with van der Waals surface area (Å²) in [6.07, 6.45) is 6.98. The molecule has 1 aliphatic rings. The Morgan fingerprint density at radius 1 is 1.14 bits per heavy atom. The Hall–Kier alpha value is -2.03. The van der Waals surface area contributed by atoms with Crippen LogP contribution in [0.5, 0.6) is 11.6 Å². The topological polar surface area (TPSA) is 67.8 Å². The van der Waals surface area contributed by atoms with Crippen molar-refractivity contribution in [3.8, 4) is 11.6 Å². The van der Waals surface area contributed by atoms with E-state index in [2.05, 4.69) is 39.7 Å². The second-order valence-electron chi connectivity index (χ2n) is 7.12. The van der Waals surface area contributed by atoms with Gasteiger partial charge in [-0.15, -0.1) is 24.0 Å². The normalized spacial score (nSPS) is 14.2. The number of nitrogens with one attached hydrogen (secondary N) is 2. The van der Waals surface area contributed by atoms with Crippen molar-refractivity contribution in [1.82, 2.24) is 15.6 Å². The summed E-state index contributed by atoms with van der Waals surface area (Å²) in [6, 6.07) is 10.2. The van der Waals surface area contributed by atoms with Gasteiger partial charge in [0.15, 0.2) is 5.96 Å². The quantitative estimate of drug-likeness (QED) is 0.332. The molecule has 0 aliphatic heterocycles. The maximum atomic E-state index is 5.92. The van der Waals surface area contributed by atoms with Crippen LogP contribution in [0.2, 0.25) is 0 Å². The van der Waals surface area contributed by atoms with Crippen LogP contribution < -0.4 is 20.1 Å². The number of aromatic nitrogens is 1. The van der Waals surface area contributed by atoms with Crippen molar-refractivity contribution in [2.45, 2.75) is 51.8 Å². The SMILES string of the molecule is CN=C(NCc1ccc(OC2CCCC2)nc1)NCc1ccc(C)cc1OC.I. The van der Waals surface area contributed by atoms with Gasteiger partial charge in [-0.05, 0) is 49.8 Å². The molecule has 158 valence electrons. The Kier molecular flexibility index (Phi) is 9.50. The molecule has 1 aromatic heterocycles. The monoisotopic (exact) mass is 510 g/mol. The van der Waals surface area contributed by atoms with Crippen molar-refractivity contribution < 1.29 is 9.47 Å². The number of aryl methyl sites for hydroxylation is 1. The first-order chi connectivity index (χ1) is 13.7. The van der Waals surface area contributed by atoms with Crippen LogP contribution >= 0.6 is 24.0 Å². The predicted octanol–water partition coefficient (Wildman–Crippen LogP) is 4.20. The Morgan fingerprint density at radius 2 is 1.90 bits per heavy atom. The lowest BCUT2D eigenvalue weighted by atomic mass is 10.1. The van der Waals surface area contributed by atoms with Gasteiger partial charge in [0.05, 0.1) is 7.11 Å². The molecule has 0 saturated heterocycles. The number of guanidine groups is 1. The zero-order valence-electron chi connectivity index (χ0n) is 17.4. The number of methoxy groups -OCH3 is 1. The van der Waals surface area contributed by atoms with Crippen molar-refractivity contribution in [1.29, 1.82) is 0 Å². The van der Waals surface area contributed by atoms with Crippen molar-refractivity contribution in [2.24, 2.45) is 4.99 Å². The van der Waals surface area contributed by atoms with Crippen LogP contribution in [0.3, 0.4) is 0 Å². The standard InChI is InChI=1S/C22H30N4O2.HI/c1-16-8-10-18(20(12-16)27-3)15-26-22(23-2)25-14-17-9-11-21(24-13-17)28-19-6-4-5-7-19;/h8-13,19H,4-7,14-15H2,1-3H3,(H2,23,25,26);1H. The second-order valence-corrected chi connectivity index (χ2v) is 7.12. The number of rotatable bonds is 7. The minimum absolute atomic E-state index is 0. The lowest BCUT2D eigenvalue weighted by Gasteiger charge is -2.15. The van der Waals surface area contributed by atoms with E-state index >= 15 is 0 Å². The molecule has 0 amide bonds. The summed E-state index contributed by atoms with van der Waals surface area (Å²) < 4.78 is 11.4. The summed E-state index contributed by atoms with van der Waals surface area (Å²) in [7, 11) is 3.46. The van der Waals surface area contributed by atoms with Crippen molar-refractivity contribution in [3.63, 3.8) is 0 Å². The molecule has 3 rings (SSSR count). The van der Waals surface area contributed by atoms with Gasteiger partial charge in [-0.25, -0.2) is 4.98 Å². The molecule has 6 nitrogen and oxygen atoms in total. The first-order valence-electron chi connectivity index (χ1n) is 9.87. The molecular formula is C22H31IN4O2. The lowest BCUT2D eigenvalue weighted by molar-refractivity contribution is 0.201. The summed E-state index contributed by atoms with van der Waals surface area (Å²) >= 11 is 0. The highest BCUT2D eigenvalue weighted by atomic mass is 127. The minimum Gasteiger partial charge on any atom is -0.496 e. The van der Waals surface area contributed by atoms with Crippen LogP contribution in [0.1, 0.15) is 42.4 Å². The molecule has 0 spiro atoms. The van der Waals surface area contributed by atoms with E-state index in [0.717, 1.165) is 35.7 Å². The number of halogens is 1. The van der Waals surface area contributed by atoms with Gasteiger partial charge in [0.1, 0.15) is 11.9 Å². The van der Waals surface area contributed by atoms with E-state index < -0.39 is 0 Å². The van der Waals surface area contributed by atoms with Gasteiger partial charge in [-0.2, -0.15) is 0 Å². The average Bonchev–Trinajstić information content (AvgIpc) is 3.23. The Labute approximate surface area is 190 Å². The third-order valence-electron chi connectivity index (χ3n) is 4.96. The van der Waals surface area contributed by atoms with Crippen LogP contribution in [0.15, 0.2) is 41.5 Å². The van der Waals surface area contributed by atoms with Crippen molar-refractivity contribution in [2.75, 3.05) is 14.2 Å². The molecule has 2 aromatic rings. The van der Waals surface area contributed by atoms with Gasteiger partial charge >= 0.3 is 0 Å². The second kappa shape index (κ2) is 11.8. The maximum Gasteiger partial charge on any atom is 0.213 e. The molecule has 7 heteroatoms. The maximum absolute atomic E-state index is 5.92. The minimum atomic E-state index is 0.